The van der Waals surface area contributed by atoms with Gasteiger partial charge in [-0.25, -0.2) is 0 Å². The molecule has 0 aliphatic carbocycles. The SMILES string of the molecule is COc1ccccc1C(=O)C(OCC(C)N1CCCCC1)(OCC(C)N1CCCCC1)c1ccccc1OC. The van der Waals surface area contributed by atoms with E-state index in [9.17, 15) is 4.79 Å². The van der Waals surface area contributed by atoms with Gasteiger partial charge in [-0.2, -0.15) is 0 Å². The molecular formula is C32H46N2O5. The second-order valence-electron chi connectivity index (χ2n) is 10.9. The fourth-order valence-corrected chi connectivity index (χ4v) is 5.78. The summed E-state index contributed by atoms with van der Waals surface area (Å²) in [5.74, 6) is -0.949. The number of carbonyl (C=O) groups excluding carboxylic acids is 1. The first kappa shape index (κ1) is 29.5. The van der Waals surface area contributed by atoms with E-state index in [0.29, 0.717) is 35.8 Å². The molecule has 2 unspecified atom stereocenters. The number of nitrogens with zero attached hydrogens (tertiary/aromatic N) is 2. The number of ether oxygens (including phenoxy) is 4. The molecule has 2 heterocycles. The van der Waals surface area contributed by atoms with Crippen LogP contribution in [0.4, 0.5) is 0 Å². The largest absolute Gasteiger partial charge is 0.496 e. The Bertz CT molecular complexity index is 1020. The number of Topliss-reactive ketones (excluding diaryl/α,β-unsaturated/α-hetero) is 1. The van der Waals surface area contributed by atoms with Gasteiger partial charge in [0.15, 0.2) is 0 Å². The molecule has 0 amide bonds. The highest BCUT2D eigenvalue weighted by Crippen LogP contribution is 2.40. The lowest BCUT2D eigenvalue weighted by molar-refractivity contribution is -0.223. The van der Waals surface area contributed by atoms with Gasteiger partial charge >= 0.3 is 0 Å². The molecule has 2 aliphatic heterocycles. The Labute approximate surface area is 234 Å². The quantitative estimate of drug-likeness (QED) is 0.246. The molecule has 2 aromatic carbocycles. The zero-order valence-electron chi connectivity index (χ0n) is 24.2. The van der Waals surface area contributed by atoms with Crippen molar-refractivity contribution in [1.29, 1.82) is 0 Å². The summed E-state index contributed by atoms with van der Waals surface area (Å²) in [5.41, 5.74) is 0.988. The number of hydrogen-bond acceptors (Lipinski definition) is 7. The van der Waals surface area contributed by atoms with Crippen molar-refractivity contribution in [2.75, 3.05) is 53.6 Å². The summed E-state index contributed by atoms with van der Waals surface area (Å²) >= 11 is 0. The van der Waals surface area contributed by atoms with E-state index in [1.807, 2.05) is 36.4 Å². The van der Waals surface area contributed by atoms with Crippen LogP contribution in [0.2, 0.25) is 0 Å². The van der Waals surface area contributed by atoms with Gasteiger partial charge in [0, 0.05) is 12.1 Å². The second-order valence-corrected chi connectivity index (χ2v) is 10.9. The van der Waals surface area contributed by atoms with Crippen molar-refractivity contribution in [3.8, 4) is 11.5 Å². The third-order valence-corrected chi connectivity index (χ3v) is 8.20. The molecule has 7 nitrogen and oxygen atoms in total. The summed E-state index contributed by atoms with van der Waals surface area (Å²) in [5, 5.41) is 0. The first-order valence-corrected chi connectivity index (χ1v) is 14.6. The van der Waals surface area contributed by atoms with Crippen LogP contribution in [0.3, 0.4) is 0 Å². The zero-order valence-corrected chi connectivity index (χ0v) is 24.2. The molecule has 0 saturated carbocycles. The predicted octanol–water partition coefficient (Wildman–Crippen LogP) is 5.52. The van der Waals surface area contributed by atoms with Crippen LogP contribution in [0, 0.1) is 0 Å². The van der Waals surface area contributed by atoms with Crippen molar-refractivity contribution in [3.05, 3.63) is 59.7 Å². The van der Waals surface area contributed by atoms with Crippen LogP contribution in [-0.2, 0) is 15.3 Å². The standard InChI is InChI=1S/C32H46N2O5/c1-25(33-19-11-5-12-20-33)23-38-32(28-16-8-10-18-30(28)37-4,31(35)27-15-7-9-17-29(27)36-3)39-24-26(2)34-21-13-6-14-22-34/h7-10,15-18,25-26H,5-6,11-14,19-24H2,1-4H3. The molecule has 0 bridgehead atoms. The molecule has 2 atom stereocenters. The molecule has 2 fully saturated rings. The normalized spacial score (nSPS) is 20.1. The van der Waals surface area contributed by atoms with Crippen molar-refractivity contribution in [1.82, 2.24) is 9.80 Å². The van der Waals surface area contributed by atoms with Crippen molar-refractivity contribution >= 4 is 5.78 Å². The third kappa shape index (κ3) is 7.01. The lowest BCUT2D eigenvalue weighted by atomic mass is 9.94. The van der Waals surface area contributed by atoms with Crippen LogP contribution < -0.4 is 9.47 Å². The average molecular weight is 539 g/mol. The van der Waals surface area contributed by atoms with E-state index in [1.54, 1.807) is 26.4 Å². The van der Waals surface area contributed by atoms with Crippen LogP contribution in [0.15, 0.2) is 48.5 Å². The summed E-state index contributed by atoms with van der Waals surface area (Å²) in [4.78, 5) is 19.6. The molecule has 2 saturated heterocycles. The van der Waals surface area contributed by atoms with Crippen LogP contribution in [0.5, 0.6) is 11.5 Å². The van der Waals surface area contributed by atoms with Gasteiger partial charge in [0.2, 0.25) is 5.78 Å². The van der Waals surface area contributed by atoms with Crippen LogP contribution in [0.1, 0.15) is 68.3 Å². The Hall–Kier alpha value is -2.45. The highest BCUT2D eigenvalue weighted by atomic mass is 16.7. The van der Waals surface area contributed by atoms with Gasteiger partial charge < -0.3 is 18.9 Å². The fourth-order valence-electron chi connectivity index (χ4n) is 5.78. The predicted molar refractivity (Wildman–Crippen MR) is 154 cm³/mol. The number of hydrogen-bond donors (Lipinski definition) is 0. The Balaban J connectivity index is 1.74. The average Bonchev–Trinajstić information content (AvgIpc) is 3.01. The van der Waals surface area contributed by atoms with Crippen molar-refractivity contribution in [2.45, 2.75) is 70.2 Å². The summed E-state index contributed by atoms with van der Waals surface area (Å²) in [6.07, 6.45) is 7.27. The number of piperidine rings is 2. The van der Waals surface area contributed by atoms with Gasteiger partial charge in [0.1, 0.15) is 11.5 Å². The number of carbonyl (C=O) groups is 1. The van der Waals surface area contributed by atoms with E-state index in [4.69, 9.17) is 18.9 Å². The molecule has 7 heteroatoms. The molecule has 0 spiro atoms. The maximum absolute atomic E-state index is 14.7. The number of likely N-dealkylation sites (tertiary alicyclic amines) is 2. The van der Waals surface area contributed by atoms with E-state index in [1.165, 1.54) is 38.5 Å². The van der Waals surface area contributed by atoms with Crippen molar-refractivity contribution in [2.24, 2.45) is 0 Å². The maximum atomic E-state index is 14.7. The highest BCUT2D eigenvalue weighted by molar-refractivity contribution is 6.04. The first-order valence-electron chi connectivity index (χ1n) is 14.6. The number of benzene rings is 2. The summed E-state index contributed by atoms with van der Waals surface area (Å²) < 4.78 is 24.9. The van der Waals surface area contributed by atoms with E-state index < -0.39 is 5.79 Å². The van der Waals surface area contributed by atoms with Gasteiger partial charge in [-0.15, -0.1) is 0 Å². The number of ketones is 1. The minimum atomic E-state index is -1.70. The Kier molecular flexibility index (Phi) is 10.8. The fraction of sp³-hybridized carbons (Fsp3) is 0.594. The molecule has 214 valence electrons. The van der Waals surface area contributed by atoms with Crippen LogP contribution in [0.25, 0.3) is 0 Å². The lowest BCUT2D eigenvalue weighted by Crippen LogP contribution is -2.49. The minimum absolute atomic E-state index is 0.132. The molecule has 4 rings (SSSR count). The highest BCUT2D eigenvalue weighted by Gasteiger charge is 2.47. The molecule has 2 aromatic rings. The Morgan fingerprint density at radius 3 is 1.69 bits per heavy atom. The monoisotopic (exact) mass is 538 g/mol. The van der Waals surface area contributed by atoms with E-state index in [-0.39, 0.29) is 17.9 Å². The first-order chi connectivity index (χ1) is 19.0. The third-order valence-electron chi connectivity index (χ3n) is 8.20. The molecule has 0 aromatic heterocycles. The number of para-hydroxylation sites is 2. The molecule has 39 heavy (non-hydrogen) atoms. The smallest absolute Gasteiger partial charge is 0.265 e. The zero-order chi connectivity index (χ0) is 27.7. The Morgan fingerprint density at radius 2 is 1.18 bits per heavy atom. The molecular weight excluding hydrogens is 492 g/mol. The van der Waals surface area contributed by atoms with Crippen LogP contribution in [-0.4, -0.2) is 81.3 Å². The van der Waals surface area contributed by atoms with Crippen LogP contribution >= 0.6 is 0 Å². The van der Waals surface area contributed by atoms with E-state index in [0.717, 1.165) is 26.2 Å². The van der Waals surface area contributed by atoms with Crippen molar-refractivity contribution in [3.63, 3.8) is 0 Å². The maximum Gasteiger partial charge on any atom is 0.265 e. The summed E-state index contributed by atoms with van der Waals surface area (Å²) in [6, 6.07) is 15.1. The van der Waals surface area contributed by atoms with Gasteiger partial charge in [0.05, 0.1) is 38.6 Å². The van der Waals surface area contributed by atoms with E-state index >= 15 is 0 Å². The van der Waals surface area contributed by atoms with E-state index in [2.05, 4.69) is 23.6 Å². The lowest BCUT2D eigenvalue weighted by Gasteiger charge is -2.39. The van der Waals surface area contributed by atoms with Gasteiger partial charge in [-0.05, 0) is 90.0 Å². The second kappa shape index (κ2) is 14.3. The number of rotatable bonds is 13. The van der Waals surface area contributed by atoms with Gasteiger partial charge in [0.25, 0.3) is 5.79 Å². The molecule has 0 radical (unpaired) electrons. The molecule has 0 N–H and O–H groups in total. The topological polar surface area (TPSA) is 60.5 Å². The summed E-state index contributed by atoms with van der Waals surface area (Å²) in [7, 11) is 3.19. The minimum Gasteiger partial charge on any atom is -0.496 e. The summed E-state index contributed by atoms with van der Waals surface area (Å²) in [6.45, 7) is 9.19. The Morgan fingerprint density at radius 1 is 0.718 bits per heavy atom. The molecule has 2 aliphatic rings. The van der Waals surface area contributed by atoms with Gasteiger partial charge in [-0.3, -0.25) is 14.6 Å². The van der Waals surface area contributed by atoms with Gasteiger partial charge in [-0.1, -0.05) is 37.1 Å². The van der Waals surface area contributed by atoms with Crippen molar-refractivity contribution < 1.29 is 23.7 Å². The number of methoxy groups -OCH3 is 2.